The second kappa shape index (κ2) is 4.45. The SMILES string of the molecule is CCCCn1cc[n+](C)c1C(C)C. The molecule has 13 heavy (non-hydrogen) atoms. The number of unbranched alkanes of at least 4 members (excludes halogenated alkanes) is 1. The van der Waals surface area contributed by atoms with Crippen LogP contribution in [0, 0.1) is 0 Å². The fraction of sp³-hybridized carbons (Fsp3) is 0.727. The summed E-state index contributed by atoms with van der Waals surface area (Å²) in [6, 6.07) is 0. The highest BCUT2D eigenvalue weighted by atomic mass is 15.1. The van der Waals surface area contributed by atoms with Crippen LogP contribution < -0.4 is 4.57 Å². The first-order chi connectivity index (χ1) is 6.16. The van der Waals surface area contributed by atoms with E-state index in [2.05, 4.69) is 49.3 Å². The second-order valence-electron chi connectivity index (χ2n) is 3.97. The van der Waals surface area contributed by atoms with Crippen molar-refractivity contribution >= 4 is 0 Å². The molecule has 0 amide bonds. The maximum Gasteiger partial charge on any atom is 0.258 e. The van der Waals surface area contributed by atoms with Crippen LogP contribution in [0.5, 0.6) is 0 Å². The Balaban J connectivity index is 2.81. The average molecular weight is 181 g/mol. The number of aromatic nitrogens is 2. The van der Waals surface area contributed by atoms with Gasteiger partial charge in [0, 0.05) is 0 Å². The van der Waals surface area contributed by atoms with E-state index in [0.717, 1.165) is 6.54 Å². The fourth-order valence-electron chi connectivity index (χ4n) is 1.79. The van der Waals surface area contributed by atoms with Gasteiger partial charge in [0.05, 0.1) is 19.5 Å². The number of imidazole rings is 1. The summed E-state index contributed by atoms with van der Waals surface area (Å²) in [5.74, 6) is 2.03. The smallest absolute Gasteiger partial charge is 0.237 e. The van der Waals surface area contributed by atoms with E-state index in [1.165, 1.54) is 18.7 Å². The summed E-state index contributed by atoms with van der Waals surface area (Å²) in [7, 11) is 2.12. The largest absolute Gasteiger partial charge is 0.258 e. The molecule has 0 spiro atoms. The standard InChI is InChI=1S/C11H21N2/c1-5-6-7-13-9-8-12(4)11(13)10(2)3/h8-10H,5-7H2,1-4H3/q+1. The molecular formula is C11H21N2+. The van der Waals surface area contributed by atoms with Gasteiger partial charge in [-0.1, -0.05) is 27.2 Å². The molecule has 0 fully saturated rings. The van der Waals surface area contributed by atoms with E-state index in [-0.39, 0.29) is 0 Å². The summed E-state index contributed by atoms with van der Waals surface area (Å²) in [6.07, 6.45) is 6.86. The molecule has 0 aliphatic rings. The topological polar surface area (TPSA) is 8.81 Å². The predicted octanol–water partition coefficient (Wildman–Crippen LogP) is 2.24. The Morgan fingerprint density at radius 1 is 1.46 bits per heavy atom. The van der Waals surface area contributed by atoms with Crippen LogP contribution in [-0.4, -0.2) is 4.57 Å². The zero-order valence-electron chi connectivity index (χ0n) is 9.25. The van der Waals surface area contributed by atoms with Gasteiger partial charge in [-0.2, -0.15) is 0 Å². The third-order valence-corrected chi connectivity index (χ3v) is 2.39. The lowest BCUT2D eigenvalue weighted by Crippen LogP contribution is -2.33. The molecule has 0 aliphatic heterocycles. The molecule has 2 nitrogen and oxygen atoms in total. The summed E-state index contributed by atoms with van der Waals surface area (Å²) in [4.78, 5) is 0. The lowest BCUT2D eigenvalue weighted by atomic mass is 10.2. The molecule has 0 N–H and O–H groups in total. The van der Waals surface area contributed by atoms with Gasteiger partial charge in [0.2, 0.25) is 0 Å². The van der Waals surface area contributed by atoms with Crippen molar-refractivity contribution in [2.75, 3.05) is 0 Å². The van der Waals surface area contributed by atoms with E-state index in [1.807, 2.05) is 0 Å². The first kappa shape index (κ1) is 10.3. The first-order valence-corrected chi connectivity index (χ1v) is 5.21. The normalized spacial score (nSPS) is 11.2. The lowest BCUT2D eigenvalue weighted by molar-refractivity contribution is -0.680. The van der Waals surface area contributed by atoms with Crippen molar-refractivity contribution in [2.45, 2.75) is 46.1 Å². The van der Waals surface area contributed by atoms with Gasteiger partial charge in [-0.25, -0.2) is 9.13 Å². The second-order valence-corrected chi connectivity index (χ2v) is 3.97. The minimum atomic E-state index is 0.608. The molecule has 0 unspecified atom stereocenters. The maximum atomic E-state index is 2.37. The molecule has 0 radical (unpaired) electrons. The number of nitrogens with zero attached hydrogens (tertiary/aromatic N) is 2. The molecule has 1 aromatic rings. The highest BCUT2D eigenvalue weighted by Gasteiger charge is 2.17. The molecule has 0 saturated heterocycles. The lowest BCUT2D eigenvalue weighted by Gasteiger charge is -2.04. The first-order valence-electron chi connectivity index (χ1n) is 5.21. The van der Waals surface area contributed by atoms with Crippen molar-refractivity contribution in [1.82, 2.24) is 4.57 Å². The summed E-state index contributed by atoms with van der Waals surface area (Å²) in [6.45, 7) is 7.89. The Morgan fingerprint density at radius 2 is 2.15 bits per heavy atom. The summed E-state index contributed by atoms with van der Waals surface area (Å²) in [5.41, 5.74) is 0. The summed E-state index contributed by atoms with van der Waals surface area (Å²) >= 11 is 0. The van der Waals surface area contributed by atoms with E-state index < -0.39 is 0 Å². The zero-order valence-corrected chi connectivity index (χ0v) is 9.25. The van der Waals surface area contributed by atoms with Gasteiger partial charge < -0.3 is 0 Å². The maximum absolute atomic E-state index is 2.37. The minimum absolute atomic E-state index is 0.608. The Hall–Kier alpha value is -0.790. The van der Waals surface area contributed by atoms with Crippen LogP contribution >= 0.6 is 0 Å². The third-order valence-electron chi connectivity index (χ3n) is 2.39. The van der Waals surface area contributed by atoms with Crippen molar-refractivity contribution in [2.24, 2.45) is 7.05 Å². The van der Waals surface area contributed by atoms with Crippen LogP contribution in [0.15, 0.2) is 12.4 Å². The van der Waals surface area contributed by atoms with Crippen molar-refractivity contribution in [3.05, 3.63) is 18.2 Å². The van der Waals surface area contributed by atoms with Crippen LogP contribution in [0.4, 0.5) is 0 Å². The van der Waals surface area contributed by atoms with Crippen molar-refractivity contribution < 1.29 is 4.57 Å². The van der Waals surface area contributed by atoms with E-state index in [9.17, 15) is 0 Å². The molecule has 1 heterocycles. The summed E-state index contributed by atoms with van der Waals surface area (Å²) in [5, 5.41) is 0. The average Bonchev–Trinajstić information content (AvgIpc) is 2.43. The third kappa shape index (κ3) is 2.33. The van der Waals surface area contributed by atoms with E-state index >= 15 is 0 Å². The number of aryl methyl sites for hydroxylation is 2. The number of hydrogen-bond acceptors (Lipinski definition) is 0. The van der Waals surface area contributed by atoms with Gasteiger partial charge in [0.15, 0.2) is 0 Å². The van der Waals surface area contributed by atoms with Crippen LogP contribution in [0.25, 0.3) is 0 Å². The minimum Gasteiger partial charge on any atom is -0.237 e. The molecule has 0 aromatic carbocycles. The Labute approximate surface area is 81.2 Å². The van der Waals surface area contributed by atoms with Crippen LogP contribution in [0.1, 0.15) is 45.4 Å². The van der Waals surface area contributed by atoms with Crippen molar-refractivity contribution in [1.29, 1.82) is 0 Å². The van der Waals surface area contributed by atoms with Gasteiger partial charge in [-0.3, -0.25) is 0 Å². The molecule has 0 bridgehead atoms. The Morgan fingerprint density at radius 3 is 2.69 bits per heavy atom. The predicted molar refractivity (Wildman–Crippen MR) is 54.6 cm³/mol. The monoisotopic (exact) mass is 181 g/mol. The van der Waals surface area contributed by atoms with Crippen LogP contribution in [-0.2, 0) is 13.6 Å². The Kier molecular flexibility index (Phi) is 3.52. The zero-order chi connectivity index (χ0) is 9.84. The van der Waals surface area contributed by atoms with Crippen LogP contribution in [0.2, 0.25) is 0 Å². The quantitative estimate of drug-likeness (QED) is 0.630. The highest BCUT2D eigenvalue weighted by molar-refractivity contribution is 4.89. The van der Waals surface area contributed by atoms with Gasteiger partial charge in [0.1, 0.15) is 12.4 Å². The van der Waals surface area contributed by atoms with Crippen molar-refractivity contribution in [3.8, 4) is 0 Å². The van der Waals surface area contributed by atoms with Crippen molar-refractivity contribution in [3.63, 3.8) is 0 Å². The summed E-state index contributed by atoms with van der Waals surface area (Å²) < 4.78 is 4.59. The van der Waals surface area contributed by atoms with Gasteiger partial charge >= 0.3 is 0 Å². The molecular weight excluding hydrogens is 160 g/mol. The molecule has 0 saturated carbocycles. The molecule has 1 aromatic heterocycles. The van der Waals surface area contributed by atoms with Gasteiger partial charge in [0.25, 0.3) is 5.82 Å². The van der Waals surface area contributed by atoms with Gasteiger partial charge in [-0.05, 0) is 6.42 Å². The number of rotatable bonds is 4. The molecule has 0 aliphatic carbocycles. The van der Waals surface area contributed by atoms with Gasteiger partial charge in [-0.15, -0.1) is 0 Å². The highest BCUT2D eigenvalue weighted by Crippen LogP contribution is 2.10. The molecule has 0 atom stereocenters. The Bertz CT molecular complexity index is 261. The number of hydrogen-bond donors (Lipinski definition) is 0. The van der Waals surface area contributed by atoms with E-state index in [4.69, 9.17) is 0 Å². The molecule has 1 rings (SSSR count). The fourth-order valence-corrected chi connectivity index (χ4v) is 1.79. The van der Waals surface area contributed by atoms with E-state index in [1.54, 1.807) is 0 Å². The molecule has 2 heteroatoms. The van der Waals surface area contributed by atoms with Crippen LogP contribution in [0.3, 0.4) is 0 Å². The van der Waals surface area contributed by atoms with E-state index in [0.29, 0.717) is 5.92 Å². The molecule has 74 valence electrons.